The van der Waals surface area contributed by atoms with Crippen LogP contribution in [0.25, 0.3) is 0 Å². The van der Waals surface area contributed by atoms with E-state index in [9.17, 15) is 24.9 Å². The van der Waals surface area contributed by atoms with Crippen LogP contribution >= 0.6 is 0 Å². The second-order valence-corrected chi connectivity index (χ2v) is 7.11. The number of alkyl carbamates (subject to hydrolysis) is 1. The fourth-order valence-electron chi connectivity index (χ4n) is 3.29. The molecule has 1 heterocycles. The molecule has 1 aliphatic heterocycles. The van der Waals surface area contributed by atoms with E-state index in [2.05, 4.69) is 5.32 Å². The molecule has 0 aliphatic carbocycles. The second-order valence-electron chi connectivity index (χ2n) is 7.11. The molecule has 0 spiro atoms. The molecule has 0 unspecified atom stereocenters. The van der Waals surface area contributed by atoms with Crippen molar-refractivity contribution in [3.05, 3.63) is 35.9 Å². The van der Waals surface area contributed by atoms with E-state index in [0.29, 0.717) is 19.4 Å². The molecule has 1 aliphatic rings. The van der Waals surface area contributed by atoms with E-state index >= 15 is 0 Å². The van der Waals surface area contributed by atoms with Crippen molar-refractivity contribution in [1.29, 1.82) is 0 Å². The van der Waals surface area contributed by atoms with Gasteiger partial charge in [0.1, 0.15) is 24.9 Å². The lowest BCUT2D eigenvalue weighted by atomic mass is 9.95. The highest BCUT2D eigenvalue weighted by Crippen LogP contribution is 2.23. The van der Waals surface area contributed by atoms with Gasteiger partial charge in [0.15, 0.2) is 0 Å². The fourth-order valence-corrected chi connectivity index (χ4v) is 3.29. The molecule has 1 fully saturated rings. The van der Waals surface area contributed by atoms with E-state index in [1.54, 1.807) is 0 Å². The summed E-state index contributed by atoms with van der Waals surface area (Å²) in [7, 11) is 0. The number of ether oxygens (including phenoxy) is 2. The molecule has 5 atom stereocenters. The molecule has 2 amide bonds. The molecule has 30 heavy (non-hydrogen) atoms. The fraction of sp³-hybridized carbons (Fsp3) is 0.600. The first-order valence-electron chi connectivity index (χ1n) is 9.85. The summed E-state index contributed by atoms with van der Waals surface area (Å²) in [5.41, 5.74) is 0.871. The number of aliphatic hydroxyl groups is 3. The molecular weight excluding hydrogens is 396 g/mol. The average Bonchev–Trinajstić information content (AvgIpc) is 2.73. The zero-order chi connectivity index (χ0) is 22.1. The van der Waals surface area contributed by atoms with Crippen LogP contribution in [0.2, 0.25) is 0 Å². The Morgan fingerprint density at radius 3 is 2.53 bits per heavy atom. The molecule has 10 nitrogen and oxygen atoms in total. The van der Waals surface area contributed by atoms with Gasteiger partial charge in [0.25, 0.3) is 0 Å². The lowest BCUT2D eigenvalue weighted by molar-refractivity contribution is -0.525. The van der Waals surface area contributed by atoms with Gasteiger partial charge in [-0.15, -0.1) is 0 Å². The summed E-state index contributed by atoms with van der Waals surface area (Å²) in [4.78, 5) is 24.9. The van der Waals surface area contributed by atoms with Crippen LogP contribution in [0.1, 0.15) is 25.3 Å². The van der Waals surface area contributed by atoms with Crippen LogP contribution in [0, 0.1) is 0 Å². The number of benzene rings is 1. The van der Waals surface area contributed by atoms with Gasteiger partial charge in [0, 0.05) is 26.3 Å². The number of rotatable bonds is 9. The van der Waals surface area contributed by atoms with Crippen LogP contribution in [-0.4, -0.2) is 82.6 Å². The van der Waals surface area contributed by atoms with Crippen molar-refractivity contribution in [1.82, 2.24) is 10.2 Å². The highest BCUT2D eigenvalue weighted by Gasteiger charge is 2.43. The summed E-state index contributed by atoms with van der Waals surface area (Å²) >= 11 is 0. The molecule has 1 aromatic rings. The standard InChI is InChI=1S/C20H29N2O8/c1-13(24)22(16-18(26)17(25)15(11-23)30-19(16)27)10-6-5-9-21-20(28)29-12-14-7-3-2-4-8-14/h2-4,7-8,15-19,23,25-26H,5-6,9-12H2,1H3,(H,21,28)/q-1/t15-,16-,17+,18-,19+/m1/s1. The van der Waals surface area contributed by atoms with Crippen molar-refractivity contribution in [3.63, 3.8) is 0 Å². The van der Waals surface area contributed by atoms with Crippen molar-refractivity contribution < 1.29 is 39.5 Å². The third-order valence-electron chi connectivity index (χ3n) is 4.92. The van der Waals surface area contributed by atoms with Crippen molar-refractivity contribution in [2.45, 2.75) is 57.0 Å². The molecule has 0 aromatic heterocycles. The zero-order valence-electron chi connectivity index (χ0n) is 16.8. The van der Waals surface area contributed by atoms with E-state index in [1.807, 2.05) is 30.3 Å². The summed E-state index contributed by atoms with van der Waals surface area (Å²) in [5.74, 6) is -0.451. The third-order valence-corrected chi connectivity index (χ3v) is 4.92. The molecule has 0 saturated carbocycles. The molecule has 0 bridgehead atoms. The number of carbonyl (C=O) groups excluding carboxylic acids is 2. The molecule has 2 rings (SSSR count). The van der Waals surface area contributed by atoms with Crippen LogP contribution < -0.4 is 10.4 Å². The van der Waals surface area contributed by atoms with E-state index < -0.39 is 49.3 Å². The summed E-state index contributed by atoms with van der Waals surface area (Å²) < 4.78 is 10.1. The monoisotopic (exact) mass is 425 g/mol. The summed E-state index contributed by atoms with van der Waals surface area (Å²) in [6.45, 7) is 1.24. The Balaban J connectivity index is 1.74. The molecule has 1 saturated heterocycles. The van der Waals surface area contributed by atoms with Crippen LogP contribution in [0.5, 0.6) is 0 Å². The van der Waals surface area contributed by atoms with Gasteiger partial charge in [-0.05, 0) is 18.4 Å². The lowest BCUT2D eigenvalue weighted by Crippen LogP contribution is -2.68. The second kappa shape index (κ2) is 11.8. The van der Waals surface area contributed by atoms with Crippen LogP contribution in [0.3, 0.4) is 0 Å². The molecule has 1 aromatic carbocycles. The van der Waals surface area contributed by atoms with Gasteiger partial charge < -0.3 is 40.1 Å². The Kier molecular flexibility index (Phi) is 9.47. The highest BCUT2D eigenvalue weighted by molar-refractivity contribution is 5.73. The van der Waals surface area contributed by atoms with Crippen molar-refractivity contribution in [2.24, 2.45) is 0 Å². The summed E-state index contributed by atoms with van der Waals surface area (Å²) in [5, 5.41) is 44.2. The highest BCUT2D eigenvalue weighted by atomic mass is 16.6. The Morgan fingerprint density at radius 2 is 1.90 bits per heavy atom. The average molecular weight is 425 g/mol. The number of amides is 2. The topological polar surface area (TPSA) is 152 Å². The molecular formula is C20H29N2O8-. The minimum atomic E-state index is -1.80. The molecule has 168 valence electrons. The SMILES string of the molecule is CC(=O)N(CCCCNC(=O)OCc1ccccc1)[C@@H]1[C@@H](O)[C@@H](O)[C@@H](CO)O[C@@H]1[O-]. The van der Waals surface area contributed by atoms with Gasteiger partial charge in [0.05, 0.1) is 12.6 Å². The quantitative estimate of drug-likeness (QED) is 0.357. The van der Waals surface area contributed by atoms with Crippen LogP contribution in [0.15, 0.2) is 30.3 Å². The maximum absolute atomic E-state index is 12.2. The maximum atomic E-state index is 12.2. The zero-order valence-corrected chi connectivity index (χ0v) is 16.8. The first-order valence-corrected chi connectivity index (χ1v) is 9.85. The molecule has 4 N–H and O–H groups in total. The maximum Gasteiger partial charge on any atom is 0.407 e. The van der Waals surface area contributed by atoms with Gasteiger partial charge in [-0.2, -0.15) is 0 Å². The summed E-state index contributed by atoms with van der Waals surface area (Å²) in [6.07, 6.45) is -5.63. The lowest BCUT2D eigenvalue weighted by Gasteiger charge is -2.50. The predicted molar refractivity (Wildman–Crippen MR) is 103 cm³/mol. The first kappa shape index (κ1) is 24.0. The Hall–Kier alpha value is -2.24. The smallest absolute Gasteiger partial charge is 0.407 e. The number of nitrogens with zero attached hydrogens (tertiary/aromatic N) is 1. The minimum Gasteiger partial charge on any atom is -0.829 e. The van der Waals surface area contributed by atoms with Gasteiger partial charge in [-0.3, -0.25) is 4.79 Å². The molecule has 10 heteroatoms. The predicted octanol–water partition coefficient (Wildman–Crippen LogP) is -1.29. The number of unbranched alkanes of at least 4 members (excludes halogenated alkanes) is 1. The van der Waals surface area contributed by atoms with Gasteiger partial charge >= 0.3 is 6.09 Å². The Bertz CT molecular complexity index is 674. The van der Waals surface area contributed by atoms with Crippen molar-refractivity contribution >= 4 is 12.0 Å². The number of aliphatic hydroxyl groups excluding tert-OH is 3. The number of hydrogen-bond acceptors (Lipinski definition) is 8. The van der Waals surface area contributed by atoms with E-state index in [4.69, 9.17) is 14.6 Å². The van der Waals surface area contributed by atoms with Crippen molar-refractivity contribution in [2.75, 3.05) is 19.7 Å². The Morgan fingerprint density at radius 1 is 1.20 bits per heavy atom. The third kappa shape index (κ3) is 6.64. The normalized spacial score (nSPS) is 26.1. The number of carbonyl (C=O) groups is 2. The van der Waals surface area contributed by atoms with E-state index in [-0.39, 0.29) is 13.2 Å². The van der Waals surface area contributed by atoms with E-state index in [0.717, 1.165) is 10.5 Å². The first-order chi connectivity index (χ1) is 14.3. The van der Waals surface area contributed by atoms with E-state index in [1.165, 1.54) is 6.92 Å². The number of hydrogen-bond donors (Lipinski definition) is 4. The molecule has 0 radical (unpaired) electrons. The van der Waals surface area contributed by atoms with Gasteiger partial charge in [-0.25, -0.2) is 4.79 Å². The van der Waals surface area contributed by atoms with Crippen molar-refractivity contribution in [3.8, 4) is 0 Å². The largest absolute Gasteiger partial charge is 0.829 e. The Labute approximate surface area is 175 Å². The minimum absolute atomic E-state index is 0.135. The summed E-state index contributed by atoms with van der Waals surface area (Å²) in [6, 6.07) is 7.98. The van der Waals surface area contributed by atoms with Crippen LogP contribution in [-0.2, 0) is 20.9 Å². The van der Waals surface area contributed by atoms with Gasteiger partial charge in [0.2, 0.25) is 5.91 Å². The van der Waals surface area contributed by atoms with Crippen LogP contribution in [0.4, 0.5) is 4.79 Å². The number of nitrogens with one attached hydrogen (secondary N) is 1. The van der Waals surface area contributed by atoms with Gasteiger partial charge in [-0.1, -0.05) is 30.3 Å².